The summed E-state index contributed by atoms with van der Waals surface area (Å²) in [6, 6.07) is 12.9. The Balaban J connectivity index is 1.44. The van der Waals surface area contributed by atoms with Gasteiger partial charge in [-0.1, -0.05) is 37.3 Å². The topological polar surface area (TPSA) is 108 Å². The Hall–Kier alpha value is -2.97. The summed E-state index contributed by atoms with van der Waals surface area (Å²) in [5.74, 6) is -1.83. The van der Waals surface area contributed by atoms with Crippen LogP contribution in [0.5, 0.6) is 0 Å². The lowest BCUT2D eigenvalue weighted by Gasteiger charge is -2.33. The number of carbonyl (C=O) groups is 3. The Morgan fingerprint density at radius 3 is 2.69 bits per heavy atom. The van der Waals surface area contributed by atoms with Gasteiger partial charge < -0.3 is 25.4 Å². The second-order valence-corrected chi connectivity index (χ2v) is 10.2. The molecule has 2 unspecified atom stereocenters. The molecular weight excluding hydrogens is 458 g/mol. The van der Waals surface area contributed by atoms with Gasteiger partial charge in [-0.2, -0.15) is 0 Å². The first-order valence-corrected chi connectivity index (χ1v) is 13.2. The molecule has 8 heteroatoms. The number of unbranched alkanes of at least 4 members (excludes halogenated alkanes) is 2. The minimum Gasteiger partial charge on any atom is -0.396 e. The van der Waals surface area contributed by atoms with Crippen molar-refractivity contribution in [3.8, 4) is 0 Å². The van der Waals surface area contributed by atoms with E-state index >= 15 is 0 Å². The van der Waals surface area contributed by atoms with Gasteiger partial charge in [0.2, 0.25) is 17.7 Å². The molecular formula is C28H35N3O5. The van der Waals surface area contributed by atoms with Crippen molar-refractivity contribution in [3.05, 3.63) is 42.5 Å². The molecule has 3 aliphatic rings. The van der Waals surface area contributed by atoms with Crippen molar-refractivity contribution in [2.24, 2.45) is 11.8 Å². The molecule has 5 rings (SSSR count). The van der Waals surface area contributed by atoms with Crippen molar-refractivity contribution < 1.29 is 24.2 Å². The number of benzene rings is 2. The van der Waals surface area contributed by atoms with E-state index in [-0.39, 0.29) is 30.4 Å². The molecule has 2 aromatic carbocycles. The molecule has 3 aliphatic heterocycles. The lowest BCUT2D eigenvalue weighted by Crippen LogP contribution is -2.53. The molecule has 8 nitrogen and oxygen atoms in total. The molecule has 3 amide bonds. The molecule has 1 spiro atoms. The van der Waals surface area contributed by atoms with E-state index in [1.54, 1.807) is 4.90 Å². The largest absolute Gasteiger partial charge is 0.396 e. The number of amides is 3. The van der Waals surface area contributed by atoms with Crippen molar-refractivity contribution in [1.82, 2.24) is 10.2 Å². The van der Waals surface area contributed by atoms with Crippen molar-refractivity contribution in [1.29, 1.82) is 0 Å². The summed E-state index contributed by atoms with van der Waals surface area (Å²) in [5.41, 5.74) is -0.329. The number of hydrogen-bond donors (Lipinski definition) is 3. The smallest absolute Gasteiger partial charge is 0.250 e. The number of hydrogen-bond acceptors (Lipinski definition) is 5. The molecule has 2 aromatic rings. The molecule has 3 fully saturated rings. The highest BCUT2D eigenvalue weighted by atomic mass is 16.5. The third-order valence-corrected chi connectivity index (χ3v) is 7.97. The zero-order valence-electron chi connectivity index (χ0n) is 20.7. The Morgan fingerprint density at radius 1 is 1.11 bits per heavy atom. The fourth-order valence-corrected chi connectivity index (χ4v) is 6.41. The van der Waals surface area contributed by atoms with Crippen molar-refractivity contribution in [2.45, 2.75) is 63.2 Å². The van der Waals surface area contributed by atoms with Gasteiger partial charge in [-0.3, -0.25) is 14.4 Å². The second-order valence-electron chi connectivity index (χ2n) is 10.2. The SMILES string of the molecule is CCCNC(=O)[C@@H]1[C@H]2C(=O)N(CCCCCO)C(C(=O)Nc3ccc4ccccc4c3)C23CC[C@H]1O3. The lowest BCUT2D eigenvalue weighted by molar-refractivity contribution is -0.140. The Labute approximate surface area is 211 Å². The molecule has 0 saturated carbocycles. The van der Waals surface area contributed by atoms with Crippen molar-refractivity contribution >= 4 is 34.2 Å². The predicted octanol–water partition coefficient (Wildman–Crippen LogP) is 2.84. The third kappa shape index (κ3) is 4.16. The van der Waals surface area contributed by atoms with Gasteiger partial charge in [0.1, 0.15) is 11.6 Å². The van der Waals surface area contributed by atoms with Crippen LogP contribution in [-0.2, 0) is 19.1 Å². The van der Waals surface area contributed by atoms with Crippen molar-refractivity contribution in [3.63, 3.8) is 0 Å². The predicted molar refractivity (Wildman–Crippen MR) is 136 cm³/mol. The molecule has 0 radical (unpaired) electrons. The van der Waals surface area contributed by atoms with E-state index in [4.69, 9.17) is 9.84 Å². The molecule has 0 aliphatic carbocycles. The molecule has 192 valence electrons. The maximum atomic E-state index is 13.8. The highest BCUT2D eigenvalue weighted by Crippen LogP contribution is 2.58. The first-order chi connectivity index (χ1) is 17.5. The van der Waals surface area contributed by atoms with E-state index in [0.717, 1.165) is 23.6 Å². The highest BCUT2D eigenvalue weighted by Gasteiger charge is 2.74. The van der Waals surface area contributed by atoms with Gasteiger partial charge in [0.25, 0.3) is 0 Å². The summed E-state index contributed by atoms with van der Waals surface area (Å²) in [4.78, 5) is 42.4. The van der Waals surface area contributed by atoms with E-state index < -0.39 is 23.5 Å². The molecule has 3 N–H and O–H groups in total. The van der Waals surface area contributed by atoms with Crippen LogP contribution in [0.3, 0.4) is 0 Å². The van der Waals surface area contributed by atoms with Gasteiger partial charge in [0, 0.05) is 25.4 Å². The van der Waals surface area contributed by atoms with E-state index in [1.165, 1.54) is 0 Å². The molecule has 2 bridgehead atoms. The van der Waals surface area contributed by atoms with Crippen LogP contribution in [0, 0.1) is 11.8 Å². The average molecular weight is 494 g/mol. The molecule has 3 heterocycles. The summed E-state index contributed by atoms with van der Waals surface area (Å²) in [6.07, 6.45) is 3.77. The number of rotatable bonds is 10. The van der Waals surface area contributed by atoms with E-state index in [2.05, 4.69) is 10.6 Å². The van der Waals surface area contributed by atoms with Crippen LogP contribution in [0.1, 0.15) is 45.4 Å². The van der Waals surface area contributed by atoms with Crippen LogP contribution < -0.4 is 10.6 Å². The summed E-state index contributed by atoms with van der Waals surface area (Å²) in [5, 5.41) is 17.2. The number of fused-ring (bicyclic) bond motifs is 2. The summed E-state index contributed by atoms with van der Waals surface area (Å²) < 4.78 is 6.44. The van der Waals surface area contributed by atoms with Gasteiger partial charge >= 0.3 is 0 Å². The van der Waals surface area contributed by atoms with Gasteiger partial charge in [0.05, 0.1) is 17.9 Å². The molecule has 3 saturated heterocycles. The van der Waals surface area contributed by atoms with Crippen LogP contribution in [0.25, 0.3) is 10.8 Å². The number of nitrogens with one attached hydrogen (secondary N) is 2. The monoisotopic (exact) mass is 493 g/mol. The number of likely N-dealkylation sites (tertiary alicyclic amines) is 1. The zero-order chi connectivity index (χ0) is 25.3. The summed E-state index contributed by atoms with van der Waals surface area (Å²) in [7, 11) is 0. The lowest BCUT2D eigenvalue weighted by atomic mass is 9.70. The van der Waals surface area contributed by atoms with Gasteiger partial charge in [-0.15, -0.1) is 0 Å². The minimum absolute atomic E-state index is 0.0941. The number of nitrogens with zero attached hydrogens (tertiary/aromatic N) is 1. The Bertz CT molecular complexity index is 1150. The molecule has 0 aromatic heterocycles. The molecule has 5 atom stereocenters. The van der Waals surface area contributed by atoms with Crippen LogP contribution in [0.15, 0.2) is 42.5 Å². The number of carbonyl (C=O) groups excluding carboxylic acids is 3. The van der Waals surface area contributed by atoms with Crippen molar-refractivity contribution in [2.75, 3.05) is 25.0 Å². The van der Waals surface area contributed by atoms with E-state index in [1.807, 2.05) is 49.4 Å². The standard InChI is InChI=1S/C28H35N3O5/c1-2-14-29-25(33)22-21-12-13-28(36-21)23(22)27(35)31(15-6-3-7-16-32)24(28)26(34)30-20-11-10-18-8-4-5-9-19(18)17-20/h4-5,8-11,17,21-24,32H,2-3,6-7,12-16H2,1H3,(H,29,33)(H,30,34)/t21-,22+,23+,24?,28?/m1/s1. The first-order valence-electron chi connectivity index (χ1n) is 13.2. The van der Waals surface area contributed by atoms with Crippen LogP contribution in [0.4, 0.5) is 5.69 Å². The highest BCUT2D eigenvalue weighted by molar-refractivity contribution is 6.04. The first kappa shape index (κ1) is 24.7. The zero-order valence-corrected chi connectivity index (χ0v) is 20.7. The Morgan fingerprint density at radius 2 is 1.92 bits per heavy atom. The van der Waals surface area contributed by atoms with Gasteiger partial charge in [-0.25, -0.2) is 0 Å². The maximum absolute atomic E-state index is 13.8. The van der Waals surface area contributed by atoms with Crippen LogP contribution >= 0.6 is 0 Å². The van der Waals surface area contributed by atoms with Crippen LogP contribution in [0.2, 0.25) is 0 Å². The third-order valence-electron chi connectivity index (χ3n) is 7.97. The minimum atomic E-state index is -0.992. The molecule has 36 heavy (non-hydrogen) atoms. The maximum Gasteiger partial charge on any atom is 0.250 e. The number of aliphatic hydroxyl groups is 1. The number of aliphatic hydroxyl groups excluding tert-OH is 1. The van der Waals surface area contributed by atoms with E-state index in [9.17, 15) is 14.4 Å². The quantitative estimate of drug-likeness (QED) is 0.441. The average Bonchev–Trinajstić information content (AvgIpc) is 3.52. The van der Waals surface area contributed by atoms with E-state index in [0.29, 0.717) is 44.5 Å². The normalized spacial score (nSPS) is 28.5. The van der Waals surface area contributed by atoms with Gasteiger partial charge in [-0.05, 0) is 61.4 Å². The Kier molecular flexibility index (Phi) is 6.99. The second kappa shape index (κ2) is 10.2. The fraction of sp³-hybridized carbons (Fsp3) is 0.536. The number of anilines is 1. The summed E-state index contributed by atoms with van der Waals surface area (Å²) in [6.45, 7) is 3.02. The fourth-order valence-electron chi connectivity index (χ4n) is 6.41. The number of ether oxygens (including phenoxy) is 1. The van der Waals surface area contributed by atoms with Crippen LogP contribution in [-0.4, -0.2) is 65.2 Å². The summed E-state index contributed by atoms with van der Waals surface area (Å²) >= 11 is 0. The van der Waals surface area contributed by atoms with Gasteiger partial charge in [0.15, 0.2) is 0 Å².